The zero-order valence-corrected chi connectivity index (χ0v) is 17.4. The topological polar surface area (TPSA) is 79.2 Å². The number of methoxy groups -OCH3 is 1. The van der Waals surface area contributed by atoms with E-state index in [0.717, 1.165) is 22.4 Å². The van der Waals surface area contributed by atoms with Gasteiger partial charge in [0.25, 0.3) is 0 Å². The monoisotopic (exact) mass is 424 g/mol. The summed E-state index contributed by atoms with van der Waals surface area (Å²) in [5, 5.41) is 31.5. The van der Waals surface area contributed by atoms with Gasteiger partial charge in [-0.25, -0.2) is 0 Å². The highest BCUT2D eigenvalue weighted by atomic mass is 35.5. The van der Waals surface area contributed by atoms with E-state index in [-0.39, 0.29) is 0 Å². The molecule has 3 rings (SSSR count). The molecule has 1 fully saturated rings. The highest BCUT2D eigenvalue weighted by Crippen LogP contribution is 2.35. The number of rotatable bonds is 6. The van der Waals surface area contributed by atoms with E-state index in [4.69, 9.17) is 21.1 Å². The molecular weight excluding hydrogens is 400 g/mol. The van der Waals surface area contributed by atoms with Gasteiger partial charge in [-0.15, -0.1) is 0 Å². The van der Waals surface area contributed by atoms with Gasteiger partial charge in [0.15, 0.2) is 0 Å². The summed E-state index contributed by atoms with van der Waals surface area (Å²) >= 11 is 7.90. The molecule has 2 aromatic carbocycles. The van der Waals surface area contributed by atoms with Crippen molar-refractivity contribution in [3.63, 3.8) is 0 Å². The predicted molar refractivity (Wildman–Crippen MR) is 111 cm³/mol. The number of halogens is 1. The van der Waals surface area contributed by atoms with E-state index in [1.165, 1.54) is 11.8 Å². The Hall–Kier alpha value is -1.28. The maximum Gasteiger partial charge on any atom is 0.118 e. The van der Waals surface area contributed by atoms with Gasteiger partial charge in [0, 0.05) is 10.8 Å². The Kier molecular flexibility index (Phi) is 7.25. The van der Waals surface area contributed by atoms with E-state index < -0.39 is 30.5 Å². The minimum absolute atomic E-state index is 0.522. The summed E-state index contributed by atoms with van der Waals surface area (Å²) in [6.45, 7) is 0. The fourth-order valence-corrected chi connectivity index (χ4v) is 4.19. The van der Waals surface area contributed by atoms with E-state index >= 15 is 0 Å². The number of hydrogen-bond donors (Lipinski definition) is 3. The average molecular weight is 425 g/mol. The standard InChI is InChI=1S/C21H25ClO5S/c1-26-15-6-3-12(4-7-15)9-14-10-13(5-8-16(14)22)21-20(25)19(24)18(23)17(27-21)11-28-2/h3-8,10,17-21,23-25H,9,11H2,1-2H3/t17-,18-,19+,20-,21+/m1/s1. The first-order valence-electron chi connectivity index (χ1n) is 9.04. The molecule has 0 amide bonds. The Labute approximate surface area is 174 Å². The number of ether oxygens (including phenoxy) is 2. The van der Waals surface area contributed by atoms with Gasteiger partial charge in [-0.1, -0.05) is 35.9 Å². The molecule has 1 saturated heterocycles. The number of aliphatic hydroxyl groups excluding tert-OH is 3. The number of aliphatic hydroxyl groups is 3. The second-order valence-corrected chi connectivity index (χ2v) is 8.22. The smallest absolute Gasteiger partial charge is 0.118 e. The molecule has 1 heterocycles. The maximum absolute atomic E-state index is 10.5. The van der Waals surface area contributed by atoms with Crippen LogP contribution in [0.2, 0.25) is 5.02 Å². The van der Waals surface area contributed by atoms with Gasteiger partial charge in [-0.05, 0) is 47.6 Å². The summed E-state index contributed by atoms with van der Waals surface area (Å²) in [4.78, 5) is 0. The van der Waals surface area contributed by atoms with Gasteiger partial charge < -0.3 is 24.8 Å². The summed E-state index contributed by atoms with van der Waals surface area (Å²) in [5.41, 5.74) is 2.68. The molecule has 7 heteroatoms. The van der Waals surface area contributed by atoms with Crippen molar-refractivity contribution >= 4 is 23.4 Å². The lowest BCUT2D eigenvalue weighted by Crippen LogP contribution is -2.54. The predicted octanol–water partition coefficient (Wildman–Crippen LogP) is 2.83. The molecule has 0 unspecified atom stereocenters. The van der Waals surface area contributed by atoms with Gasteiger partial charge in [0.1, 0.15) is 30.2 Å². The van der Waals surface area contributed by atoms with Crippen LogP contribution in [0, 0.1) is 0 Å². The normalized spacial score (nSPS) is 27.6. The summed E-state index contributed by atoms with van der Waals surface area (Å²) in [6, 6.07) is 13.2. The highest BCUT2D eigenvalue weighted by molar-refractivity contribution is 7.98. The largest absolute Gasteiger partial charge is 0.497 e. The molecule has 2 aromatic rings. The third-order valence-electron chi connectivity index (χ3n) is 5.00. The first-order valence-corrected chi connectivity index (χ1v) is 10.8. The molecule has 5 atom stereocenters. The van der Waals surface area contributed by atoms with Crippen molar-refractivity contribution in [1.82, 2.24) is 0 Å². The van der Waals surface area contributed by atoms with E-state index in [1.54, 1.807) is 19.2 Å². The van der Waals surface area contributed by atoms with Crippen molar-refractivity contribution < 1.29 is 24.8 Å². The van der Waals surface area contributed by atoms with Gasteiger partial charge in [0.2, 0.25) is 0 Å². The fraction of sp³-hybridized carbons (Fsp3) is 0.429. The van der Waals surface area contributed by atoms with Crippen LogP contribution in [0.1, 0.15) is 22.8 Å². The summed E-state index contributed by atoms with van der Waals surface area (Å²) < 4.78 is 11.1. The third kappa shape index (κ3) is 4.64. The van der Waals surface area contributed by atoms with Crippen LogP contribution in [-0.2, 0) is 11.2 Å². The maximum atomic E-state index is 10.5. The molecule has 28 heavy (non-hydrogen) atoms. The molecule has 3 N–H and O–H groups in total. The lowest BCUT2D eigenvalue weighted by Gasteiger charge is -2.41. The summed E-state index contributed by atoms with van der Waals surface area (Å²) in [7, 11) is 1.63. The molecule has 0 spiro atoms. The molecular formula is C21H25ClO5S. The zero-order valence-electron chi connectivity index (χ0n) is 15.8. The lowest BCUT2D eigenvalue weighted by atomic mass is 9.90. The quantitative estimate of drug-likeness (QED) is 0.661. The molecule has 5 nitrogen and oxygen atoms in total. The number of benzene rings is 2. The first-order chi connectivity index (χ1) is 13.4. The Morgan fingerprint density at radius 3 is 2.39 bits per heavy atom. The molecule has 152 valence electrons. The van der Waals surface area contributed by atoms with Crippen LogP contribution in [-0.4, -0.2) is 58.9 Å². The molecule has 0 radical (unpaired) electrons. The van der Waals surface area contributed by atoms with Gasteiger partial charge in [-0.3, -0.25) is 0 Å². The van der Waals surface area contributed by atoms with Crippen LogP contribution in [0.3, 0.4) is 0 Å². The third-order valence-corrected chi connectivity index (χ3v) is 6.03. The minimum Gasteiger partial charge on any atom is -0.497 e. The van der Waals surface area contributed by atoms with E-state index in [2.05, 4.69) is 0 Å². The molecule has 0 bridgehead atoms. The van der Waals surface area contributed by atoms with E-state index in [1.807, 2.05) is 36.6 Å². The first kappa shape index (κ1) is 21.4. The molecule has 0 aliphatic carbocycles. The molecule has 1 aliphatic rings. The van der Waals surface area contributed by atoms with Crippen molar-refractivity contribution in [2.75, 3.05) is 19.1 Å². The summed E-state index contributed by atoms with van der Waals surface area (Å²) in [6.07, 6.45) is -2.39. The summed E-state index contributed by atoms with van der Waals surface area (Å²) in [5.74, 6) is 1.31. The van der Waals surface area contributed by atoms with Crippen molar-refractivity contribution in [3.05, 3.63) is 64.2 Å². The van der Waals surface area contributed by atoms with Crippen molar-refractivity contribution in [1.29, 1.82) is 0 Å². The van der Waals surface area contributed by atoms with Crippen LogP contribution >= 0.6 is 23.4 Å². The van der Waals surface area contributed by atoms with Crippen molar-refractivity contribution in [2.24, 2.45) is 0 Å². The fourth-order valence-electron chi connectivity index (χ4n) is 3.40. The Bertz CT molecular complexity index is 785. The molecule has 0 saturated carbocycles. The van der Waals surface area contributed by atoms with E-state index in [0.29, 0.717) is 17.2 Å². The van der Waals surface area contributed by atoms with Gasteiger partial charge in [-0.2, -0.15) is 11.8 Å². The molecule has 1 aliphatic heterocycles. The van der Waals surface area contributed by atoms with Crippen LogP contribution in [0.4, 0.5) is 0 Å². The second-order valence-electron chi connectivity index (χ2n) is 6.90. The van der Waals surface area contributed by atoms with Gasteiger partial charge in [0.05, 0.1) is 13.2 Å². The van der Waals surface area contributed by atoms with Crippen LogP contribution in [0.5, 0.6) is 5.75 Å². The molecule has 0 aromatic heterocycles. The number of thioether (sulfide) groups is 1. The average Bonchev–Trinajstić information content (AvgIpc) is 2.71. The van der Waals surface area contributed by atoms with E-state index in [9.17, 15) is 15.3 Å². The highest BCUT2D eigenvalue weighted by Gasteiger charge is 2.43. The Balaban J connectivity index is 1.84. The van der Waals surface area contributed by atoms with Crippen LogP contribution in [0.15, 0.2) is 42.5 Å². The Morgan fingerprint density at radius 2 is 1.75 bits per heavy atom. The van der Waals surface area contributed by atoms with Crippen molar-refractivity contribution in [3.8, 4) is 5.75 Å². The second kappa shape index (κ2) is 9.48. The Morgan fingerprint density at radius 1 is 1.04 bits per heavy atom. The number of hydrogen-bond acceptors (Lipinski definition) is 6. The van der Waals surface area contributed by atoms with Crippen molar-refractivity contribution in [2.45, 2.75) is 36.9 Å². The SMILES string of the molecule is COc1ccc(Cc2cc([C@@H]3O[C@H](CSC)[C@@H](O)[C@H](O)[C@H]3O)ccc2Cl)cc1. The zero-order chi connectivity index (χ0) is 20.3. The van der Waals surface area contributed by atoms with Crippen LogP contribution < -0.4 is 4.74 Å². The van der Waals surface area contributed by atoms with Crippen LogP contribution in [0.25, 0.3) is 0 Å². The minimum atomic E-state index is -1.27. The van der Waals surface area contributed by atoms with Gasteiger partial charge >= 0.3 is 0 Å². The lowest BCUT2D eigenvalue weighted by molar-refractivity contribution is -0.218.